The first-order valence-corrected chi connectivity index (χ1v) is 6.20. The number of esters is 2. The van der Waals surface area contributed by atoms with Crippen LogP contribution in [0.1, 0.15) is 30.1 Å². The molecule has 0 saturated heterocycles. The van der Waals surface area contributed by atoms with Crippen molar-refractivity contribution in [3.05, 3.63) is 48.6 Å². The predicted octanol–water partition coefficient (Wildman–Crippen LogP) is 2.74. The van der Waals surface area contributed by atoms with E-state index in [9.17, 15) is 9.59 Å². The van der Waals surface area contributed by atoms with Crippen LogP contribution in [0, 0.1) is 0 Å². The van der Waals surface area contributed by atoms with Gasteiger partial charge in [-0.3, -0.25) is 4.79 Å². The van der Waals surface area contributed by atoms with Crippen LogP contribution in [0.3, 0.4) is 0 Å². The van der Waals surface area contributed by atoms with Gasteiger partial charge >= 0.3 is 11.9 Å². The number of hydrogen-bond donors (Lipinski definition) is 0. The normalized spacial score (nSPS) is 11.4. The summed E-state index contributed by atoms with van der Waals surface area (Å²) in [5, 5.41) is 0. The van der Waals surface area contributed by atoms with E-state index >= 15 is 0 Å². The van der Waals surface area contributed by atoms with Crippen LogP contribution in [0.2, 0.25) is 0 Å². The number of hydrogen-bond acceptors (Lipinski definition) is 4. The van der Waals surface area contributed by atoms with Gasteiger partial charge in [0.15, 0.2) is 0 Å². The first-order valence-electron chi connectivity index (χ1n) is 6.20. The average molecular weight is 262 g/mol. The molecule has 19 heavy (non-hydrogen) atoms. The van der Waals surface area contributed by atoms with Crippen molar-refractivity contribution >= 4 is 11.9 Å². The molecular weight excluding hydrogens is 244 g/mol. The Morgan fingerprint density at radius 1 is 1.32 bits per heavy atom. The highest BCUT2D eigenvalue weighted by Crippen LogP contribution is 2.10. The number of ether oxygens (including phenoxy) is 2. The van der Waals surface area contributed by atoms with Crippen molar-refractivity contribution in [1.29, 1.82) is 0 Å². The molecule has 0 bridgehead atoms. The number of rotatable bonds is 7. The van der Waals surface area contributed by atoms with Crippen LogP contribution >= 0.6 is 0 Å². The Morgan fingerprint density at radius 3 is 2.58 bits per heavy atom. The lowest BCUT2D eigenvalue weighted by Gasteiger charge is -2.15. The topological polar surface area (TPSA) is 52.6 Å². The van der Waals surface area contributed by atoms with Crippen LogP contribution < -0.4 is 0 Å². The summed E-state index contributed by atoms with van der Waals surface area (Å²) in [5.74, 6) is -0.827. The van der Waals surface area contributed by atoms with Crippen molar-refractivity contribution < 1.29 is 19.1 Å². The number of benzene rings is 1. The van der Waals surface area contributed by atoms with E-state index in [1.54, 1.807) is 37.3 Å². The minimum atomic E-state index is -0.538. The maximum atomic E-state index is 11.9. The summed E-state index contributed by atoms with van der Waals surface area (Å²) in [6.45, 7) is 5.63. The molecule has 102 valence electrons. The molecule has 0 aromatic heterocycles. The van der Waals surface area contributed by atoms with Gasteiger partial charge in [0.1, 0.15) is 6.10 Å². The van der Waals surface area contributed by atoms with Gasteiger partial charge < -0.3 is 9.47 Å². The lowest BCUT2D eigenvalue weighted by atomic mass is 10.1. The first-order chi connectivity index (χ1) is 9.17. The van der Waals surface area contributed by atoms with E-state index < -0.39 is 12.1 Å². The van der Waals surface area contributed by atoms with Crippen LogP contribution in [0.15, 0.2) is 43.0 Å². The van der Waals surface area contributed by atoms with Gasteiger partial charge in [-0.05, 0) is 19.1 Å². The van der Waals surface area contributed by atoms with E-state index in [1.807, 2.05) is 6.07 Å². The van der Waals surface area contributed by atoms with E-state index in [1.165, 1.54) is 0 Å². The number of carbonyl (C=O) groups excluding carboxylic acids is 2. The fraction of sp³-hybridized carbons (Fsp3) is 0.333. The second kappa shape index (κ2) is 8.08. The van der Waals surface area contributed by atoms with E-state index in [4.69, 9.17) is 9.47 Å². The lowest BCUT2D eigenvalue weighted by Crippen LogP contribution is -2.22. The monoisotopic (exact) mass is 262 g/mol. The van der Waals surface area contributed by atoms with E-state index in [2.05, 4.69) is 6.58 Å². The summed E-state index contributed by atoms with van der Waals surface area (Å²) >= 11 is 0. The standard InChI is InChI=1S/C15H18O4/c1-3-8-13(11-14(16)18-4-2)19-15(17)12-9-6-5-7-10-12/h3,5-7,9-10,13H,1,4,8,11H2,2H3. The highest BCUT2D eigenvalue weighted by atomic mass is 16.6. The molecule has 0 saturated carbocycles. The zero-order valence-electron chi connectivity index (χ0n) is 11.0. The first kappa shape index (κ1) is 15.0. The van der Waals surface area contributed by atoms with Crippen molar-refractivity contribution in [1.82, 2.24) is 0 Å². The molecule has 1 aromatic carbocycles. The van der Waals surface area contributed by atoms with Crippen LogP contribution in [0.5, 0.6) is 0 Å². The van der Waals surface area contributed by atoms with Gasteiger partial charge in [0.2, 0.25) is 0 Å². The number of carbonyl (C=O) groups is 2. The molecule has 0 heterocycles. The minimum Gasteiger partial charge on any atom is -0.466 e. The highest BCUT2D eigenvalue weighted by molar-refractivity contribution is 5.89. The summed E-state index contributed by atoms with van der Waals surface area (Å²) < 4.78 is 10.1. The molecule has 0 N–H and O–H groups in total. The smallest absolute Gasteiger partial charge is 0.338 e. The van der Waals surface area contributed by atoms with Gasteiger partial charge in [0, 0.05) is 6.42 Å². The quantitative estimate of drug-likeness (QED) is 0.560. The Hall–Kier alpha value is -2.10. The van der Waals surface area contributed by atoms with Crippen molar-refractivity contribution in [2.45, 2.75) is 25.9 Å². The molecule has 4 heteroatoms. The van der Waals surface area contributed by atoms with Crippen molar-refractivity contribution in [3.63, 3.8) is 0 Å². The molecule has 0 amide bonds. The third-order valence-electron chi connectivity index (χ3n) is 2.41. The molecule has 1 rings (SSSR count). The second-order valence-corrected chi connectivity index (χ2v) is 3.93. The summed E-state index contributed by atoms with van der Waals surface area (Å²) in [6.07, 6.45) is 1.53. The Balaban J connectivity index is 2.60. The van der Waals surface area contributed by atoms with Crippen LogP contribution in [-0.4, -0.2) is 24.6 Å². The fourth-order valence-electron chi connectivity index (χ4n) is 1.56. The maximum absolute atomic E-state index is 11.9. The van der Waals surface area contributed by atoms with Crippen molar-refractivity contribution in [3.8, 4) is 0 Å². The van der Waals surface area contributed by atoms with Gasteiger partial charge in [0.25, 0.3) is 0 Å². The molecule has 1 atom stereocenters. The van der Waals surface area contributed by atoms with E-state index in [-0.39, 0.29) is 12.4 Å². The molecule has 1 aromatic rings. The predicted molar refractivity (Wildman–Crippen MR) is 71.7 cm³/mol. The largest absolute Gasteiger partial charge is 0.466 e. The fourth-order valence-corrected chi connectivity index (χ4v) is 1.56. The summed E-state index contributed by atoms with van der Waals surface area (Å²) in [4.78, 5) is 23.3. The summed E-state index contributed by atoms with van der Waals surface area (Å²) in [7, 11) is 0. The van der Waals surface area contributed by atoms with Gasteiger partial charge in [-0.25, -0.2) is 4.79 Å². The maximum Gasteiger partial charge on any atom is 0.338 e. The van der Waals surface area contributed by atoms with E-state index in [0.717, 1.165) is 0 Å². The van der Waals surface area contributed by atoms with Crippen LogP contribution in [-0.2, 0) is 14.3 Å². The minimum absolute atomic E-state index is 0.0401. The van der Waals surface area contributed by atoms with Crippen LogP contribution in [0.4, 0.5) is 0 Å². The SMILES string of the molecule is C=CCC(CC(=O)OCC)OC(=O)c1ccccc1. The average Bonchev–Trinajstić information content (AvgIpc) is 2.40. The zero-order chi connectivity index (χ0) is 14.1. The summed E-state index contributed by atoms with van der Waals surface area (Å²) in [6, 6.07) is 8.65. The molecule has 0 aliphatic rings. The molecule has 0 radical (unpaired) electrons. The summed E-state index contributed by atoms with van der Waals surface area (Å²) in [5.41, 5.74) is 0.459. The van der Waals surface area contributed by atoms with Gasteiger partial charge in [-0.1, -0.05) is 24.3 Å². The van der Waals surface area contributed by atoms with E-state index in [0.29, 0.717) is 18.6 Å². The van der Waals surface area contributed by atoms with Crippen LogP contribution in [0.25, 0.3) is 0 Å². The molecule has 0 aliphatic heterocycles. The third-order valence-corrected chi connectivity index (χ3v) is 2.41. The van der Waals surface area contributed by atoms with Gasteiger partial charge in [0.05, 0.1) is 18.6 Å². The Labute approximate surface area is 113 Å². The Morgan fingerprint density at radius 2 is 2.00 bits per heavy atom. The van der Waals surface area contributed by atoms with Gasteiger partial charge in [-0.2, -0.15) is 0 Å². The second-order valence-electron chi connectivity index (χ2n) is 3.93. The third kappa shape index (κ3) is 5.38. The Bertz CT molecular complexity index is 425. The molecule has 0 spiro atoms. The molecular formula is C15H18O4. The Kier molecular flexibility index (Phi) is 6.36. The highest BCUT2D eigenvalue weighted by Gasteiger charge is 2.18. The van der Waals surface area contributed by atoms with Gasteiger partial charge in [-0.15, -0.1) is 6.58 Å². The zero-order valence-corrected chi connectivity index (χ0v) is 11.0. The lowest BCUT2D eigenvalue weighted by molar-refractivity contribution is -0.145. The van der Waals surface area contributed by atoms with Crippen molar-refractivity contribution in [2.75, 3.05) is 6.61 Å². The molecule has 1 unspecified atom stereocenters. The molecule has 0 aliphatic carbocycles. The molecule has 0 fully saturated rings. The molecule has 4 nitrogen and oxygen atoms in total. The van der Waals surface area contributed by atoms with Crippen molar-refractivity contribution in [2.24, 2.45) is 0 Å².